The van der Waals surface area contributed by atoms with Gasteiger partial charge in [0, 0.05) is 43.3 Å². The monoisotopic (exact) mass is 407 g/mol. The highest BCUT2D eigenvalue weighted by Crippen LogP contribution is 2.31. The van der Waals surface area contributed by atoms with Crippen LogP contribution in [-0.2, 0) is 22.4 Å². The zero-order valence-corrected chi connectivity index (χ0v) is 17.4. The number of nitrogens with zero attached hydrogens (tertiary/aromatic N) is 1. The number of rotatable bonds is 8. The van der Waals surface area contributed by atoms with Crippen molar-refractivity contribution in [1.29, 1.82) is 0 Å². The predicted octanol–water partition coefficient (Wildman–Crippen LogP) is 3.30. The van der Waals surface area contributed by atoms with E-state index in [0.717, 1.165) is 36.4 Å². The molecule has 2 N–H and O–H groups in total. The van der Waals surface area contributed by atoms with Crippen molar-refractivity contribution >= 4 is 23.2 Å². The number of nitrogens with one attached hydrogen (secondary N) is 2. The molecule has 2 aliphatic rings. The Hall–Kier alpha value is -3.02. The van der Waals surface area contributed by atoms with E-state index in [0.29, 0.717) is 38.5 Å². The number of hydrogen-bond acceptors (Lipinski definition) is 4. The van der Waals surface area contributed by atoms with Gasteiger partial charge in [-0.1, -0.05) is 18.2 Å². The lowest BCUT2D eigenvalue weighted by atomic mass is 10.0. The molecule has 2 heterocycles. The molecule has 2 aromatic rings. The van der Waals surface area contributed by atoms with Gasteiger partial charge in [-0.15, -0.1) is 0 Å². The number of carbonyl (C=O) groups excluding carboxylic acids is 2. The second-order valence-corrected chi connectivity index (χ2v) is 8.04. The number of anilines is 2. The first-order valence-electron chi connectivity index (χ1n) is 10.8. The van der Waals surface area contributed by atoms with Gasteiger partial charge in [-0.2, -0.15) is 0 Å². The lowest BCUT2D eigenvalue weighted by molar-refractivity contribution is -0.121. The smallest absolute Gasteiger partial charge is 0.224 e. The number of ether oxygens (including phenoxy) is 1. The van der Waals surface area contributed by atoms with E-state index in [2.05, 4.69) is 46.7 Å². The van der Waals surface area contributed by atoms with Gasteiger partial charge in [-0.05, 0) is 61.6 Å². The molecule has 2 aliphatic heterocycles. The standard InChI is InChI=1S/C24H29N3O3/c1-17-15-19-5-2-3-6-22(19)27(17)13-12-25-23(28)7-4-14-30-20-9-10-21-18(16-20)8-11-24(29)26-21/h2-3,5-6,9-10,16-17H,4,7-8,11-15H2,1H3,(H,25,28)(H,26,29). The molecule has 30 heavy (non-hydrogen) atoms. The number of aryl methyl sites for hydroxylation is 1. The minimum atomic E-state index is 0.0607. The third kappa shape index (κ3) is 4.75. The second-order valence-electron chi connectivity index (χ2n) is 8.04. The highest BCUT2D eigenvalue weighted by atomic mass is 16.5. The fraction of sp³-hybridized carbons (Fsp3) is 0.417. The van der Waals surface area contributed by atoms with E-state index in [9.17, 15) is 9.59 Å². The van der Waals surface area contributed by atoms with Crippen molar-refractivity contribution in [3.05, 3.63) is 53.6 Å². The Bertz CT molecular complexity index is 928. The number of hydrogen-bond donors (Lipinski definition) is 2. The van der Waals surface area contributed by atoms with Crippen LogP contribution in [0.1, 0.15) is 37.3 Å². The minimum Gasteiger partial charge on any atom is -0.494 e. The molecule has 0 aliphatic carbocycles. The molecule has 4 rings (SSSR count). The fourth-order valence-corrected chi connectivity index (χ4v) is 4.25. The van der Waals surface area contributed by atoms with Crippen LogP contribution in [0.3, 0.4) is 0 Å². The van der Waals surface area contributed by atoms with Gasteiger partial charge in [-0.25, -0.2) is 0 Å². The topological polar surface area (TPSA) is 70.7 Å². The molecule has 0 spiro atoms. The van der Waals surface area contributed by atoms with Gasteiger partial charge in [0.1, 0.15) is 5.75 Å². The van der Waals surface area contributed by atoms with Gasteiger partial charge >= 0.3 is 0 Å². The first-order valence-corrected chi connectivity index (χ1v) is 10.8. The Morgan fingerprint density at radius 3 is 2.97 bits per heavy atom. The molecule has 2 amide bonds. The molecule has 1 atom stereocenters. The molecule has 0 saturated heterocycles. The predicted molar refractivity (Wildman–Crippen MR) is 118 cm³/mol. The molecule has 6 heteroatoms. The summed E-state index contributed by atoms with van der Waals surface area (Å²) in [6.07, 6.45) is 3.44. The Morgan fingerprint density at radius 2 is 2.07 bits per heavy atom. The molecule has 1 unspecified atom stereocenters. The van der Waals surface area contributed by atoms with Crippen LogP contribution in [0.2, 0.25) is 0 Å². The number of para-hydroxylation sites is 1. The minimum absolute atomic E-state index is 0.0607. The van der Waals surface area contributed by atoms with Crippen LogP contribution in [0.5, 0.6) is 5.75 Å². The van der Waals surface area contributed by atoms with Crippen LogP contribution in [0, 0.1) is 0 Å². The lowest BCUT2D eigenvalue weighted by Crippen LogP contribution is -2.37. The molecule has 2 aromatic carbocycles. The molecule has 0 radical (unpaired) electrons. The summed E-state index contributed by atoms with van der Waals surface area (Å²) in [7, 11) is 0. The molecular weight excluding hydrogens is 378 g/mol. The lowest BCUT2D eigenvalue weighted by Gasteiger charge is -2.25. The largest absolute Gasteiger partial charge is 0.494 e. The summed E-state index contributed by atoms with van der Waals surface area (Å²) in [5.41, 5.74) is 4.64. The first-order chi connectivity index (χ1) is 14.6. The summed E-state index contributed by atoms with van der Waals surface area (Å²) in [6, 6.07) is 14.7. The Kier molecular flexibility index (Phi) is 6.21. The number of carbonyl (C=O) groups is 2. The Morgan fingerprint density at radius 1 is 1.20 bits per heavy atom. The Balaban J connectivity index is 1.14. The maximum absolute atomic E-state index is 12.2. The van der Waals surface area contributed by atoms with Gasteiger partial charge in [0.15, 0.2) is 0 Å². The average molecular weight is 408 g/mol. The zero-order chi connectivity index (χ0) is 20.9. The molecule has 0 aromatic heterocycles. The van der Waals surface area contributed by atoms with Gasteiger partial charge in [0.2, 0.25) is 11.8 Å². The molecule has 158 valence electrons. The van der Waals surface area contributed by atoms with E-state index < -0.39 is 0 Å². The average Bonchev–Trinajstić information content (AvgIpc) is 3.06. The van der Waals surface area contributed by atoms with Crippen molar-refractivity contribution in [2.45, 2.75) is 45.1 Å². The van der Waals surface area contributed by atoms with Crippen molar-refractivity contribution in [1.82, 2.24) is 5.32 Å². The summed E-state index contributed by atoms with van der Waals surface area (Å²) in [4.78, 5) is 25.9. The van der Waals surface area contributed by atoms with E-state index >= 15 is 0 Å². The fourth-order valence-electron chi connectivity index (χ4n) is 4.25. The highest BCUT2D eigenvalue weighted by Gasteiger charge is 2.24. The summed E-state index contributed by atoms with van der Waals surface area (Å²) < 4.78 is 5.79. The maximum atomic E-state index is 12.2. The molecule has 0 bridgehead atoms. The molecule has 6 nitrogen and oxygen atoms in total. The third-order valence-corrected chi connectivity index (χ3v) is 5.81. The van der Waals surface area contributed by atoms with Gasteiger partial charge in [0.05, 0.1) is 6.61 Å². The normalized spacial score (nSPS) is 17.2. The van der Waals surface area contributed by atoms with Crippen LogP contribution in [0.15, 0.2) is 42.5 Å². The quantitative estimate of drug-likeness (QED) is 0.659. The molecular formula is C24H29N3O3. The van der Waals surface area contributed by atoms with Crippen molar-refractivity contribution in [3.63, 3.8) is 0 Å². The number of amides is 2. The highest BCUT2D eigenvalue weighted by molar-refractivity contribution is 5.94. The van der Waals surface area contributed by atoms with Crippen molar-refractivity contribution in [2.75, 3.05) is 29.9 Å². The first kappa shape index (κ1) is 20.3. The van der Waals surface area contributed by atoms with E-state index in [1.54, 1.807) is 0 Å². The van der Waals surface area contributed by atoms with Crippen LogP contribution < -0.4 is 20.3 Å². The van der Waals surface area contributed by atoms with Gasteiger partial charge < -0.3 is 20.3 Å². The van der Waals surface area contributed by atoms with Crippen LogP contribution >= 0.6 is 0 Å². The SMILES string of the molecule is CC1Cc2ccccc2N1CCNC(=O)CCCOc1ccc2c(c1)CCC(=O)N2. The number of fused-ring (bicyclic) bond motifs is 2. The summed E-state index contributed by atoms with van der Waals surface area (Å²) in [5.74, 6) is 0.907. The second kappa shape index (κ2) is 9.20. The van der Waals surface area contributed by atoms with E-state index in [1.165, 1.54) is 11.3 Å². The van der Waals surface area contributed by atoms with Crippen LogP contribution in [-0.4, -0.2) is 37.6 Å². The van der Waals surface area contributed by atoms with Crippen molar-refractivity contribution in [3.8, 4) is 5.75 Å². The van der Waals surface area contributed by atoms with Crippen LogP contribution in [0.25, 0.3) is 0 Å². The summed E-state index contributed by atoms with van der Waals surface area (Å²) in [5, 5.41) is 5.89. The molecule has 0 fully saturated rings. The van der Waals surface area contributed by atoms with Crippen molar-refractivity contribution < 1.29 is 14.3 Å². The van der Waals surface area contributed by atoms with Gasteiger partial charge in [0.25, 0.3) is 0 Å². The van der Waals surface area contributed by atoms with E-state index in [4.69, 9.17) is 4.74 Å². The maximum Gasteiger partial charge on any atom is 0.224 e. The Labute approximate surface area is 177 Å². The molecule has 0 saturated carbocycles. The van der Waals surface area contributed by atoms with Crippen molar-refractivity contribution in [2.24, 2.45) is 0 Å². The third-order valence-electron chi connectivity index (χ3n) is 5.81. The van der Waals surface area contributed by atoms with E-state index in [-0.39, 0.29) is 11.8 Å². The van der Waals surface area contributed by atoms with Gasteiger partial charge in [-0.3, -0.25) is 9.59 Å². The zero-order valence-electron chi connectivity index (χ0n) is 17.4. The summed E-state index contributed by atoms with van der Waals surface area (Å²) in [6.45, 7) is 4.20. The van der Waals surface area contributed by atoms with E-state index in [1.807, 2.05) is 18.2 Å². The van der Waals surface area contributed by atoms with Crippen LogP contribution in [0.4, 0.5) is 11.4 Å². The number of benzene rings is 2. The summed E-state index contributed by atoms with van der Waals surface area (Å²) >= 11 is 0.